The molecule has 2 amide bonds. The number of fused-ring (bicyclic) bond motifs is 1. The zero-order valence-corrected chi connectivity index (χ0v) is 21.9. The second-order valence-corrected chi connectivity index (χ2v) is 9.98. The number of benzene rings is 1. The van der Waals surface area contributed by atoms with Crippen LogP contribution in [0.4, 0.5) is 11.5 Å². The molecule has 13 heteroatoms. The fourth-order valence-corrected chi connectivity index (χ4v) is 4.63. The fourth-order valence-electron chi connectivity index (χ4n) is 4.26. The smallest absolute Gasteiger partial charge is 0.263 e. The van der Waals surface area contributed by atoms with Crippen LogP contribution >= 0.6 is 23.2 Å². The Labute approximate surface area is 226 Å². The topological polar surface area (TPSA) is 148 Å². The van der Waals surface area contributed by atoms with Crippen LogP contribution in [0.3, 0.4) is 0 Å². The molecule has 0 bridgehead atoms. The third-order valence-electron chi connectivity index (χ3n) is 6.46. The molecule has 3 heterocycles. The van der Waals surface area contributed by atoms with Gasteiger partial charge in [-0.1, -0.05) is 23.2 Å². The first kappa shape index (κ1) is 25.6. The number of phenols is 1. The molecule has 0 aliphatic heterocycles. The monoisotopic (exact) mass is 555 g/mol. The lowest BCUT2D eigenvalue weighted by Gasteiger charge is -2.18. The van der Waals surface area contributed by atoms with E-state index in [2.05, 4.69) is 15.3 Å². The van der Waals surface area contributed by atoms with Crippen LogP contribution in [0.1, 0.15) is 23.2 Å². The van der Waals surface area contributed by atoms with Crippen LogP contribution in [0.25, 0.3) is 22.2 Å². The van der Waals surface area contributed by atoms with Crippen molar-refractivity contribution in [3.63, 3.8) is 0 Å². The van der Waals surface area contributed by atoms with Gasteiger partial charge in [-0.25, -0.2) is 9.97 Å². The molecule has 3 aromatic heterocycles. The summed E-state index contributed by atoms with van der Waals surface area (Å²) < 4.78 is 2.81. The molecule has 0 saturated heterocycles. The first-order valence-electron chi connectivity index (χ1n) is 11.6. The summed E-state index contributed by atoms with van der Waals surface area (Å²) in [5.74, 6) is -1.06. The number of nitrogens with two attached hydrogens (primary N) is 1. The first-order valence-corrected chi connectivity index (χ1v) is 12.4. The number of nitrogens with one attached hydrogen (secondary N) is 1. The Balaban J connectivity index is 1.52. The van der Waals surface area contributed by atoms with E-state index in [1.165, 1.54) is 33.8 Å². The number of carbonyl (C=O) groups excluding carboxylic acids is 2. The summed E-state index contributed by atoms with van der Waals surface area (Å²) in [6, 6.07) is 4.89. The number of aryl methyl sites for hydroxylation is 1. The van der Waals surface area contributed by atoms with Gasteiger partial charge in [0.25, 0.3) is 11.5 Å². The van der Waals surface area contributed by atoms with Crippen LogP contribution in [0.15, 0.2) is 41.7 Å². The lowest BCUT2D eigenvalue weighted by atomic mass is 10.0. The predicted molar refractivity (Wildman–Crippen MR) is 145 cm³/mol. The van der Waals surface area contributed by atoms with Crippen molar-refractivity contribution in [1.29, 1.82) is 0 Å². The van der Waals surface area contributed by atoms with Crippen molar-refractivity contribution in [2.24, 2.45) is 12.8 Å². The van der Waals surface area contributed by atoms with E-state index in [0.717, 1.165) is 12.8 Å². The van der Waals surface area contributed by atoms with Crippen LogP contribution in [0.2, 0.25) is 10.0 Å². The molecule has 0 atom stereocenters. The maximum atomic E-state index is 13.1. The molecule has 38 heavy (non-hydrogen) atoms. The normalized spacial score (nSPS) is 13.1. The van der Waals surface area contributed by atoms with E-state index in [1.54, 1.807) is 19.3 Å². The second-order valence-electron chi connectivity index (χ2n) is 9.16. The van der Waals surface area contributed by atoms with Crippen LogP contribution in [0.5, 0.6) is 5.75 Å². The molecule has 5 rings (SSSR count). The molecule has 196 valence electrons. The second kappa shape index (κ2) is 9.66. The number of anilines is 2. The highest BCUT2D eigenvalue weighted by molar-refractivity contribution is 6.34. The van der Waals surface area contributed by atoms with Crippen LogP contribution < -0.4 is 21.5 Å². The molecule has 0 spiro atoms. The Hall–Kier alpha value is -4.09. The van der Waals surface area contributed by atoms with Gasteiger partial charge in [-0.2, -0.15) is 0 Å². The van der Waals surface area contributed by atoms with Crippen molar-refractivity contribution in [1.82, 2.24) is 19.1 Å². The minimum atomic E-state index is -0.888. The largest absolute Gasteiger partial charge is 0.506 e. The SMILES string of the molecule is CN(c1cc(NC(=O)Cn2cc(-c3cc(Cl)c(O)c(C(N)=O)c3)c3c(=O)n(C)cnc32)c(Cl)cn1)C1CC1. The summed E-state index contributed by atoms with van der Waals surface area (Å²) >= 11 is 12.4. The lowest BCUT2D eigenvalue weighted by Crippen LogP contribution is -2.22. The summed E-state index contributed by atoms with van der Waals surface area (Å²) in [7, 11) is 3.49. The van der Waals surface area contributed by atoms with Gasteiger partial charge in [-0.05, 0) is 30.5 Å². The van der Waals surface area contributed by atoms with E-state index in [4.69, 9.17) is 28.9 Å². The molecular weight excluding hydrogens is 533 g/mol. The molecule has 1 fully saturated rings. The van der Waals surface area contributed by atoms with E-state index < -0.39 is 17.6 Å². The number of rotatable bonds is 7. The highest BCUT2D eigenvalue weighted by Gasteiger charge is 2.27. The summed E-state index contributed by atoms with van der Waals surface area (Å²) in [5.41, 5.74) is 6.18. The quantitative estimate of drug-likeness (QED) is 0.317. The molecule has 1 saturated carbocycles. The van der Waals surface area contributed by atoms with Gasteiger partial charge in [-0.3, -0.25) is 14.4 Å². The van der Waals surface area contributed by atoms with Crippen molar-refractivity contribution >= 4 is 57.6 Å². The van der Waals surface area contributed by atoms with Crippen molar-refractivity contribution in [2.45, 2.75) is 25.4 Å². The number of halogens is 2. The summed E-state index contributed by atoms with van der Waals surface area (Å²) in [6.07, 6.45) is 6.58. The van der Waals surface area contributed by atoms with Crippen molar-refractivity contribution in [3.8, 4) is 16.9 Å². The van der Waals surface area contributed by atoms with Gasteiger partial charge < -0.3 is 30.2 Å². The fraction of sp³-hybridized carbons (Fsp3) is 0.240. The van der Waals surface area contributed by atoms with E-state index in [1.807, 2.05) is 11.9 Å². The zero-order chi connectivity index (χ0) is 27.3. The molecule has 1 aliphatic carbocycles. The van der Waals surface area contributed by atoms with Crippen molar-refractivity contribution < 1.29 is 14.7 Å². The number of amides is 2. The summed E-state index contributed by atoms with van der Waals surface area (Å²) in [6.45, 7) is -0.197. The molecule has 0 radical (unpaired) electrons. The zero-order valence-electron chi connectivity index (χ0n) is 20.4. The standard InChI is InChI=1S/C25H23Cl2N7O4/c1-32-11-30-24-21(25(32)38)15(12-5-14(23(28)37)22(36)16(26)6-12)9-34(24)10-20(35)31-18-7-19(29-8-17(18)27)33(2)13-3-4-13/h5-9,11,13,36H,3-4,10H2,1-2H3,(H2,28,37)(H,29,31,35). The van der Waals surface area contributed by atoms with Gasteiger partial charge in [0.15, 0.2) is 0 Å². The Morgan fingerprint density at radius 3 is 2.63 bits per heavy atom. The number of pyridine rings is 1. The van der Waals surface area contributed by atoms with E-state index >= 15 is 0 Å². The van der Waals surface area contributed by atoms with Gasteiger partial charge >= 0.3 is 0 Å². The molecular formula is C25H23Cl2N7O4. The number of primary amides is 1. The number of carbonyl (C=O) groups is 2. The van der Waals surface area contributed by atoms with E-state index in [-0.39, 0.29) is 38.7 Å². The average Bonchev–Trinajstić information content (AvgIpc) is 3.66. The van der Waals surface area contributed by atoms with Gasteiger partial charge in [0, 0.05) is 38.0 Å². The number of hydrogen-bond donors (Lipinski definition) is 3. The van der Waals surface area contributed by atoms with Crippen LogP contribution in [-0.4, -0.2) is 49.1 Å². The minimum Gasteiger partial charge on any atom is -0.506 e. The highest BCUT2D eigenvalue weighted by Crippen LogP contribution is 2.36. The van der Waals surface area contributed by atoms with Crippen LogP contribution in [0, 0.1) is 0 Å². The number of aromatic nitrogens is 4. The van der Waals surface area contributed by atoms with Gasteiger partial charge in [0.2, 0.25) is 5.91 Å². The first-order chi connectivity index (χ1) is 18.0. The van der Waals surface area contributed by atoms with Crippen molar-refractivity contribution in [2.75, 3.05) is 17.3 Å². The third-order valence-corrected chi connectivity index (χ3v) is 7.05. The summed E-state index contributed by atoms with van der Waals surface area (Å²) in [5, 5.41) is 13.3. The van der Waals surface area contributed by atoms with E-state index in [0.29, 0.717) is 28.7 Å². The van der Waals surface area contributed by atoms with Crippen molar-refractivity contribution in [3.05, 3.63) is 62.9 Å². The molecule has 11 nitrogen and oxygen atoms in total. The number of nitrogens with zero attached hydrogens (tertiary/aromatic N) is 5. The highest BCUT2D eigenvalue weighted by atomic mass is 35.5. The molecule has 1 aliphatic rings. The van der Waals surface area contributed by atoms with Gasteiger partial charge in [0.05, 0.1) is 39.2 Å². The average molecular weight is 556 g/mol. The Kier molecular flexibility index (Phi) is 6.49. The van der Waals surface area contributed by atoms with Gasteiger partial charge in [0.1, 0.15) is 23.8 Å². The molecule has 4 N–H and O–H groups in total. The van der Waals surface area contributed by atoms with Gasteiger partial charge in [-0.15, -0.1) is 0 Å². The lowest BCUT2D eigenvalue weighted by molar-refractivity contribution is -0.116. The van der Waals surface area contributed by atoms with E-state index in [9.17, 15) is 19.5 Å². The van der Waals surface area contributed by atoms with Crippen LogP contribution in [-0.2, 0) is 18.4 Å². The summed E-state index contributed by atoms with van der Waals surface area (Å²) in [4.78, 5) is 48.8. The maximum Gasteiger partial charge on any atom is 0.263 e. The number of aromatic hydroxyl groups is 1. The Bertz CT molecular complexity index is 1680. The molecule has 1 aromatic carbocycles. The minimum absolute atomic E-state index is 0.116. The molecule has 0 unspecified atom stereocenters. The third kappa shape index (κ3) is 4.66. The molecule has 4 aromatic rings. The maximum absolute atomic E-state index is 13.1. The predicted octanol–water partition coefficient (Wildman–Crippen LogP) is 3.15. The number of hydrogen-bond acceptors (Lipinski definition) is 7. The Morgan fingerprint density at radius 1 is 1.21 bits per heavy atom. The Morgan fingerprint density at radius 2 is 1.95 bits per heavy atom.